The number of rotatable bonds is 5. The summed E-state index contributed by atoms with van der Waals surface area (Å²) in [6, 6.07) is 0. The summed E-state index contributed by atoms with van der Waals surface area (Å²) in [6.45, 7) is 11.2. The van der Waals surface area contributed by atoms with Crippen LogP contribution in [0.25, 0.3) is 0 Å². The van der Waals surface area contributed by atoms with Crippen molar-refractivity contribution in [3.05, 3.63) is 0 Å². The lowest BCUT2D eigenvalue weighted by Crippen LogP contribution is -2.17. The molecule has 0 saturated heterocycles. The predicted octanol–water partition coefficient (Wildman–Crippen LogP) is 4.47. The van der Waals surface area contributed by atoms with E-state index in [0.717, 1.165) is 24.7 Å². The summed E-state index contributed by atoms with van der Waals surface area (Å²) in [5.41, 5.74) is 0. The minimum Gasteiger partial charge on any atom is -0.120 e. The van der Waals surface area contributed by atoms with Crippen molar-refractivity contribution in [3.63, 3.8) is 0 Å². The van der Waals surface area contributed by atoms with Gasteiger partial charge in [-0.25, -0.2) is 0 Å². The van der Waals surface area contributed by atoms with Crippen molar-refractivity contribution < 1.29 is 0 Å². The molecule has 0 nitrogen and oxygen atoms in total. The van der Waals surface area contributed by atoms with Crippen LogP contribution in [0.15, 0.2) is 0 Å². The minimum absolute atomic E-state index is 0.0309. The van der Waals surface area contributed by atoms with E-state index in [9.17, 15) is 0 Å². The Balaban J connectivity index is 3.67. The molecule has 0 spiro atoms. The maximum absolute atomic E-state index is 6.27. The van der Waals surface area contributed by atoms with E-state index in [1.165, 1.54) is 6.42 Å². The van der Waals surface area contributed by atoms with Gasteiger partial charge in [-0.3, -0.25) is 0 Å². The molecule has 0 fully saturated rings. The molecule has 0 aromatic carbocycles. The fraction of sp³-hybridized carbons (Fsp3) is 1.00. The minimum atomic E-state index is 0.0309. The molecule has 0 N–H and O–H groups in total. The van der Waals surface area contributed by atoms with Gasteiger partial charge < -0.3 is 0 Å². The average molecular weight is 191 g/mol. The molecule has 0 aliphatic rings. The fourth-order valence-corrected chi connectivity index (χ4v) is 1.15. The maximum Gasteiger partial charge on any atom is 0.0416 e. The summed E-state index contributed by atoms with van der Waals surface area (Å²) in [5, 5.41) is 0. The summed E-state index contributed by atoms with van der Waals surface area (Å²) in [6.07, 6.45) is 3.47. The second-order valence-corrected chi connectivity index (χ2v) is 5.44. The number of hydrogen-bond donors (Lipinski definition) is 0. The maximum atomic E-state index is 6.27. The lowest BCUT2D eigenvalue weighted by atomic mass is 9.89. The van der Waals surface area contributed by atoms with Gasteiger partial charge in [0.2, 0.25) is 0 Å². The molecule has 0 bridgehead atoms. The Morgan fingerprint density at radius 3 is 2.08 bits per heavy atom. The molecule has 0 aromatic heterocycles. The van der Waals surface area contributed by atoms with E-state index in [-0.39, 0.29) is 4.87 Å². The van der Waals surface area contributed by atoms with Crippen molar-refractivity contribution in [2.24, 2.45) is 11.8 Å². The van der Waals surface area contributed by atoms with Crippen LogP contribution in [-0.2, 0) is 0 Å². The third kappa shape index (κ3) is 5.03. The Morgan fingerprint density at radius 2 is 1.75 bits per heavy atom. The highest BCUT2D eigenvalue weighted by atomic mass is 35.5. The van der Waals surface area contributed by atoms with E-state index < -0.39 is 0 Å². The zero-order chi connectivity index (χ0) is 9.78. The Bertz CT molecular complexity index is 116. The van der Waals surface area contributed by atoms with E-state index in [4.69, 9.17) is 11.6 Å². The molecule has 0 aromatic rings. The molecule has 2 atom stereocenters. The van der Waals surface area contributed by atoms with Crippen LogP contribution in [-0.4, -0.2) is 4.87 Å². The van der Waals surface area contributed by atoms with E-state index in [1.54, 1.807) is 0 Å². The van der Waals surface area contributed by atoms with Gasteiger partial charge in [-0.2, -0.15) is 0 Å². The molecule has 0 rings (SSSR count). The van der Waals surface area contributed by atoms with E-state index in [0.29, 0.717) is 0 Å². The lowest BCUT2D eigenvalue weighted by Gasteiger charge is -2.23. The number of halogens is 1. The normalized spacial score (nSPS) is 19.2. The van der Waals surface area contributed by atoms with Crippen molar-refractivity contribution in [2.75, 3.05) is 0 Å². The van der Waals surface area contributed by atoms with Crippen LogP contribution in [0, 0.1) is 11.8 Å². The van der Waals surface area contributed by atoms with Crippen molar-refractivity contribution in [1.29, 1.82) is 0 Å². The van der Waals surface area contributed by atoms with Crippen LogP contribution in [0.3, 0.4) is 0 Å². The summed E-state index contributed by atoms with van der Waals surface area (Å²) >= 11 is 6.27. The smallest absolute Gasteiger partial charge is 0.0416 e. The van der Waals surface area contributed by atoms with Gasteiger partial charge in [-0.05, 0) is 38.0 Å². The quantitative estimate of drug-likeness (QED) is 0.562. The van der Waals surface area contributed by atoms with Crippen LogP contribution in [0.2, 0.25) is 0 Å². The Labute approximate surface area is 82.7 Å². The molecule has 0 aliphatic heterocycles. The molecule has 0 radical (unpaired) electrons. The zero-order valence-electron chi connectivity index (χ0n) is 9.15. The molecule has 2 unspecified atom stereocenters. The molecule has 12 heavy (non-hydrogen) atoms. The molecular weight excluding hydrogens is 168 g/mol. The fourth-order valence-electron chi connectivity index (χ4n) is 1.04. The standard InChI is InChI=1S/C11H23Cl/c1-6-11(5,12)8-7-10(4)9(2)3/h9-10H,6-8H2,1-5H3. The van der Waals surface area contributed by atoms with Gasteiger partial charge in [0.15, 0.2) is 0 Å². The first-order chi connectivity index (χ1) is 5.39. The molecule has 1 heteroatoms. The molecule has 0 heterocycles. The highest BCUT2D eigenvalue weighted by Crippen LogP contribution is 2.28. The van der Waals surface area contributed by atoms with Crippen molar-refractivity contribution in [2.45, 2.75) is 58.8 Å². The monoisotopic (exact) mass is 190 g/mol. The first-order valence-electron chi connectivity index (χ1n) is 5.08. The second kappa shape index (κ2) is 5.11. The third-order valence-corrected chi connectivity index (χ3v) is 3.45. The van der Waals surface area contributed by atoms with Gasteiger partial charge >= 0.3 is 0 Å². The van der Waals surface area contributed by atoms with Crippen LogP contribution >= 0.6 is 11.6 Å². The summed E-state index contributed by atoms with van der Waals surface area (Å²) < 4.78 is 0. The Hall–Kier alpha value is 0.290. The van der Waals surface area contributed by atoms with Gasteiger partial charge in [0.1, 0.15) is 0 Å². The summed E-state index contributed by atoms with van der Waals surface area (Å²) in [5.74, 6) is 1.59. The highest BCUT2D eigenvalue weighted by Gasteiger charge is 2.19. The van der Waals surface area contributed by atoms with Gasteiger partial charge in [0, 0.05) is 4.87 Å². The van der Waals surface area contributed by atoms with E-state index >= 15 is 0 Å². The van der Waals surface area contributed by atoms with Crippen LogP contribution in [0.4, 0.5) is 0 Å². The van der Waals surface area contributed by atoms with E-state index in [1.807, 2.05) is 0 Å². The second-order valence-electron chi connectivity index (χ2n) is 4.53. The first-order valence-corrected chi connectivity index (χ1v) is 5.45. The van der Waals surface area contributed by atoms with Crippen molar-refractivity contribution in [3.8, 4) is 0 Å². The number of hydrogen-bond acceptors (Lipinski definition) is 0. The van der Waals surface area contributed by atoms with E-state index in [2.05, 4.69) is 34.6 Å². The molecular formula is C11H23Cl. The Kier molecular flexibility index (Phi) is 5.24. The third-order valence-electron chi connectivity index (χ3n) is 3.00. The van der Waals surface area contributed by atoms with Crippen LogP contribution in [0.5, 0.6) is 0 Å². The van der Waals surface area contributed by atoms with Gasteiger partial charge in [0.05, 0.1) is 0 Å². The SMILES string of the molecule is CCC(C)(Cl)CCC(C)C(C)C. The average Bonchev–Trinajstić information content (AvgIpc) is 2.00. The van der Waals surface area contributed by atoms with Crippen LogP contribution < -0.4 is 0 Å². The summed E-state index contributed by atoms with van der Waals surface area (Å²) in [7, 11) is 0. The molecule has 0 amide bonds. The molecule has 0 aliphatic carbocycles. The number of alkyl halides is 1. The molecule has 74 valence electrons. The van der Waals surface area contributed by atoms with Gasteiger partial charge in [-0.1, -0.05) is 27.7 Å². The van der Waals surface area contributed by atoms with Crippen molar-refractivity contribution in [1.82, 2.24) is 0 Å². The largest absolute Gasteiger partial charge is 0.120 e. The highest BCUT2D eigenvalue weighted by molar-refractivity contribution is 6.23. The predicted molar refractivity (Wildman–Crippen MR) is 57.8 cm³/mol. The van der Waals surface area contributed by atoms with Crippen molar-refractivity contribution >= 4 is 11.6 Å². The zero-order valence-corrected chi connectivity index (χ0v) is 9.91. The van der Waals surface area contributed by atoms with Crippen LogP contribution in [0.1, 0.15) is 53.9 Å². The topological polar surface area (TPSA) is 0 Å². The summed E-state index contributed by atoms with van der Waals surface area (Å²) in [4.78, 5) is 0.0309. The van der Waals surface area contributed by atoms with Gasteiger partial charge in [0.25, 0.3) is 0 Å². The lowest BCUT2D eigenvalue weighted by molar-refractivity contribution is 0.357. The first kappa shape index (κ1) is 12.3. The molecule has 0 saturated carbocycles. The Morgan fingerprint density at radius 1 is 1.25 bits per heavy atom. The van der Waals surface area contributed by atoms with Gasteiger partial charge in [-0.15, -0.1) is 11.6 Å².